The first-order valence-electron chi connectivity index (χ1n) is 10.4. The van der Waals surface area contributed by atoms with Crippen LogP contribution in [0.2, 0.25) is 0 Å². The Morgan fingerprint density at radius 2 is 2.03 bits per heavy atom. The van der Waals surface area contributed by atoms with E-state index in [0.29, 0.717) is 47.4 Å². The van der Waals surface area contributed by atoms with Crippen LogP contribution in [-0.4, -0.2) is 39.4 Å². The third-order valence-corrected chi connectivity index (χ3v) is 6.73. The number of aromatic nitrogens is 3. The number of para-hydroxylation sites is 1. The number of nitrogens with zero attached hydrogens (tertiary/aromatic N) is 3. The van der Waals surface area contributed by atoms with Crippen molar-refractivity contribution in [1.29, 1.82) is 0 Å². The van der Waals surface area contributed by atoms with Crippen LogP contribution in [0.5, 0.6) is 0 Å². The first-order valence-corrected chi connectivity index (χ1v) is 12.2. The third-order valence-electron chi connectivity index (χ3n) is 4.82. The summed E-state index contributed by atoms with van der Waals surface area (Å²) in [6.45, 7) is 5.65. The summed E-state index contributed by atoms with van der Waals surface area (Å²) in [6.07, 6.45) is 0.693. The molecule has 1 amide bonds. The highest BCUT2D eigenvalue weighted by molar-refractivity contribution is 7.99. The molecule has 166 valence electrons. The fourth-order valence-corrected chi connectivity index (χ4v) is 5.10. The molecule has 1 N–H and O–H groups in total. The first kappa shape index (κ1) is 22.4. The van der Waals surface area contributed by atoms with Crippen molar-refractivity contribution in [3.8, 4) is 0 Å². The van der Waals surface area contributed by atoms with Crippen LogP contribution in [-0.2, 0) is 16.1 Å². The second kappa shape index (κ2) is 10.2. The van der Waals surface area contributed by atoms with Crippen molar-refractivity contribution < 1.29 is 9.53 Å². The Labute approximate surface area is 193 Å². The number of aryl methyl sites for hydroxylation is 1. The van der Waals surface area contributed by atoms with E-state index in [-0.39, 0.29) is 17.2 Å². The van der Waals surface area contributed by atoms with Gasteiger partial charge in [0.05, 0.1) is 26.9 Å². The van der Waals surface area contributed by atoms with E-state index in [9.17, 15) is 9.59 Å². The average molecular weight is 469 g/mol. The Hall–Kier alpha value is -2.75. The van der Waals surface area contributed by atoms with Crippen LogP contribution in [0, 0.1) is 6.92 Å². The largest absolute Gasteiger partial charge is 0.382 e. The summed E-state index contributed by atoms with van der Waals surface area (Å²) in [6, 6.07) is 13.3. The lowest BCUT2D eigenvalue weighted by Gasteiger charge is -2.13. The summed E-state index contributed by atoms with van der Waals surface area (Å²) < 4.78 is 8.08. The number of hydrogen-bond donors (Lipinski definition) is 1. The van der Waals surface area contributed by atoms with E-state index in [1.807, 2.05) is 44.2 Å². The number of fused-ring (bicyclic) bond motifs is 2. The number of carbonyl (C=O) groups excluding carboxylic acids is 1. The molecule has 2 aromatic heterocycles. The van der Waals surface area contributed by atoms with Gasteiger partial charge in [0.1, 0.15) is 0 Å². The van der Waals surface area contributed by atoms with Crippen LogP contribution >= 0.6 is 23.1 Å². The molecular formula is C23H24N4O3S2. The van der Waals surface area contributed by atoms with Crippen LogP contribution in [0.25, 0.3) is 21.1 Å². The lowest BCUT2D eigenvalue weighted by Crippen LogP contribution is -2.25. The van der Waals surface area contributed by atoms with Crippen LogP contribution in [0.1, 0.15) is 18.9 Å². The van der Waals surface area contributed by atoms with Crippen molar-refractivity contribution in [2.75, 3.05) is 24.3 Å². The highest BCUT2D eigenvalue weighted by atomic mass is 32.2. The van der Waals surface area contributed by atoms with Gasteiger partial charge < -0.3 is 10.1 Å². The van der Waals surface area contributed by atoms with Gasteiger partial charge >= 0.3 is 0 Å². The number of anilines is 1. The summed E-state index contributed by atoms with van der Waals surface area (Å²) in [4.78, 5) is 34.7. The number of nitrogens with one attached hydrogen (secondary N) is 1. The topological polar surface area (TPSA) is 86.1 Å². The molecule has 0 saturated heterocycles. The number of benzene rings is 2. The van der Waals surface area contributed by atoms with Gasteiger partial charge in [-0.2, -0.15) is 0 Å². The molecule has 7 nitrogen and oxygen atoms in total. The van der Waals surface area contributed by atoms with Crippen LogP contribution in [0.3, 0.4) is 0 Å². The SMILES string of the molecule is CCOCCCn1c(SCC(=O)Nc2nc3ccc(C)cc3s2)nc2ccccc2c1=O. The molecule has 0 aliphatic heterocycles. The van der Waals surface area contributed by atoms with Crippen molar-refractivity contribution in [1.82, 2.24) is 14.5 Å². The zero-order chi connectivity index (χ0) is 22.5. The van der Waals surface area contributed by atoms with Gasteiger partial charge in [-0.05, 0) is 50.1 Å². The number of amides is 1. The van der Waals surface area contributed by atoms with Crippen molar-refractivity contribution in [3.63, 3.8) is 0 Å². The Balaban J connectivity index is 1.50. The van der Waals surface area contributed by atoms with Gasteiger partial charge in [0, 0.05) is 19.8 Å². The highest BCUT2D eigenvalue weighted by Crippen LogP contribution is 2.27. The van der Waals surface area contributed by atoms with E-state index in [2.05, 4.69) is 21.4 Å². The zero-order valence-corrected chi connectivity index (χ0v) is 19.6. The van der Waals surface area contributed by atoms with Crippen LogP contribution < -0.4 is 10.9 Å². The molecule has 0 atom stereocenters. The number of thiazole rings is 1. The number of carbonyl (C=O) groups is 1. The third kappa shape index (κ3) is 5.17. The molecule has 0 aliphatic rings. The number of ether oxygens (including phenoxy) is 1. The summed E-state index contributed by atoms with van der Waals surface area (Å²) in [5.41, 5.74) is 2.54. The number of thioether (sulfide) groups is 1. The molecule has 4 rings (SSSR count). The molecule has 0 bridgehead atoms. The monoisotopic (exact) mass is 468 g/mol. The smallest absolute Gasteiger partial charge is 0.262 e. The molecule has 4 aromatic rings. The van der Waals surface area contributed by atoms with Gasteiger partial charge in [0.25, 0.3) is 5.56 Å². The summed E-state index contributed by atoms with van der Waals surface area (Å²) >= 11 is 2.70. The van der Waals surface area contributed by atoms with Gasteiger partial charge in [-0.25, -0.2) is 9.97 Å². The molecule has 0 spiro atoms. The molecule has 2 aromatic carbocycles. The van der Waals surface area contributed by atoms with E-state index in [1.165, 1.54) is 23.1 Å². The van der Waals surface area contributed by atoms with Crippen LogP contribution in [0.15, 0.2) is 52.4 Å². The van der Waals surface area contributed by atoms with E-state index in [0.717, 1.165) is 15.8 Å². The summed E-state index contributed by atoms with van der Waals surface area (Å²) in [5, 5.41) is 4.53. The Bertz CT molecular complexity index is 1320. The van der Waals surface area contributed by atoms with Gasteiger partial charge in [0.2, 0.25) is 5.91 Å². The average Bonchev–Trinajstić information content (AvgIpc) is 3.18. The molecule has 0 fully saturated rings. The van der Waals surface area contributed by atoms with E-state index in [1.54, 1.807) is 10.6 Å². The second-order valence-corrected chi connectivity index (χ2v) is 9.22. The molecule has 0 radical (unpaired) electrons. The maximum atomic E-state index is 13.0. The minimum absolute atomic E-state index is 0.100. The highest BCUT2D eigenvalue weighted by Gasteiger charge is 2.14. The molecule has 0 aliphatic carbocycles. The Kier molecular flexibility index (Phi) is 7.19. The maximum absolute atomic E-state index is 13.0. The quantitative estimate of drug-likeness (QED) is 0.222. The van der Waals surface area contributed by atoms with Crippen molar-refractivity contribution in [3.05, 3.63) is 58.4 Å². The second-order valence-electron chi connectivity index (χ2n) is 7.25. The Morgan fingerprint density at radius 1 is 1.19 bits per heavy atom. The summed E-state index contributed by atoms with van der Waals surface area (Å²) in [5.74, 6) is -0.0559. The van der Waals surface area contributed by atoms with Gasteiger partial charge in [-0.1, -0.05) is 41.3 Å². The normalized spacial score (nSPS) is 11.3. The maximum Gasteiger partial charge on any atom is 0.262 e. The van der Waals surface area contributed by atoms with E-state index >= 15 is 0 Å². The molecule has 9 heteroatoms. The molecule has 0 unspecified atom stereocenters. The van der Waals surface area contributed by atoms with Crippen molar-refractivity contribution in [2.24, 2.45) is 0 Å². The minimum Gasteiger partial charge on any atom is -0.382 e. The fraction of sp³-hybridized carbons (Fsp3) is 0.304. The summed E-state index contributed by atoms with van der Waals surface area (Å²) in [7, 11) is 0. The molecule has 32 heavy (non-hydrogen) atoms. The van der Waals surface area contributed by atoms with E-state index in [4.69, 9.17) is 4.74 Å². The first-order chi connectivity index (χ1) is 15.5. The van der Waals surface area contributed by atoms with Gasteiger partial charge in [-0.3, -0.25) is 14.2 Å². The predicted octanol–water partition coefficient (Wildman–Crippen LogP) is 4.47. The van der Waals surface area contributed by atoms with Crippen LogP contribution in [0.4, 0.5) is 5.13 Å². The van der Waals surface area contributed by atoms with Crippen molar-refractivity contribution >= 4 is 55.3 Å². The number of hydrogen-bond acceptors (Lipinski definition) is 7. The lowest BCUT2D eigenvalue weighted by molar-refractivity contribution is -0.113. The van der Waals surface area contributed by atoms with Gasteiger partial charge in [0.15, 0.2) is 10.3 Å². The minimum atomic E-state index is -0.186. The zero-order valence-electron chi connectivity index (χ0n) is 18.0. The predicted molar refractivity (Wildman–Crippen MR) is 131 cm³/mol. The molecule has 0 saturated carbocycles. The standard InChI is InChI=1S/C23H24N4O3S2/c1-3-30-12-6-11-27-21(29)16-7-4-5-8-17(16)25-23(27)31-14-20(28)26-22-24-18-10-9-15(2)13-19(18)32-22/h4-5,7-10,13H,3,6,11-12,14H2,1-2H3,(H,24,26,28). The lowest BCUT2D eigenvalue weighted by atomic mass is 10.2. The van der Waals surface area contributed by atoms with Crippen molar-refractivity contribution in [2.45, 2.75) is 32.0 Å². The Morgan fingerprint density at radius 3 is 2.88 bits per heavy atom. The molecule has 2 heterocycles. The fourth-order valence-electron chi connectivity index (χ4n) is 3.29. The molecular weight excluding hydrogens is 444 g/mol. The number of rotatable bonds is 9. The van der Waals surface area contributed by atoms with Gasteiger partial charge in [-0.15, -0.1) is 0 Å². The van der Waals surface area contributed by atoms with E-state index < -0.39 is 0 Å².